The topological polar surface area (TPSA) is 93.2 Å². The molecule has 1 aromatic carbocycles. The Morgan fingerprint density at radius 2 is 1.94 bits per heavy atom. The lowest BCUT2D eigenvalue weighted by Crippen LogP contribution is -2.32. The van der Waals surface area contributed by atoms with Gasteiger partial charge in [-0.15, -0.1) is 0 Å². The molecule has 1 atom stereocenters. The highest BCUT2D eigenvalue weighted by Crippen LogP contribution is 2.39. The third kappa shape index (κ3) is 4.03. The van der Waals surface area contributed by atoms with Gasteiger partial charge >= 0.3 is 6.03 Å². The Kier molecular flexibility index (Phi) is 5.79. The number of rotatable bonds is 5. The molecular formula is C24H23ClFN7O. The summed E-state index contributed by atoms with van der Waals surface area (Å²) >= 11 is 5.98. The Labute approximate surface area is 201 Å². The molecule has 0 saturated carbocycles. The summed E-state index contributed by atoms with van der Waals surface area (Å²) < 4.78 is 16.8. The molecule has 1 aliphatic carbocycles. The monoisotopic (exact) mass is 479 g/mol. The fraction of sp³-hybridized carbons (Fsp3) is 0.250. The van der Waals surface area contributed by atoms with Crippen LogP contribution in [-0.4, -0.2) is 43.8 Å². The summed E-state index contributed by atoms with van der Waals surface area (Å²) in [5, 5.41) is 5.25. The van der Waals surface area contributed by atoms with Crippen molar-refractivity contribution >= 4 is 29.3 Å². The minimum Gasteiger partial charge on any atom is -0.368 e. The third-order valence-electron chi connectivity index (χ3n) is 6.07. The number of amides is 2. The van der Waals surface area contributed by atoms with Gasteiger partial charge in [0.2, 0.25) is 5.95 Å². The number of halogens is 2. The number of urea groups is 1. The fourth-order valence-corrected chi connectivity index (χ4v) is 4.47. The molecule has 1 aliphatic heterocycles. The first-order chi connectivity index (χ1) is 16.4. The van der Waals surface area contributed by atoms with Crippen LogP contribution in [0.3, 0.4) is 0 Å². The first kappa shape index (κ1) is 22.1. The summed E-state index contributed by atoms with van der Waals surface area (Å²) in [5.41, 5.74) is 9.05. The van der Waals surface area contributed by atoms with Gasteiger partial charge in [0.25, 0.3) is 0 Å². The van der Waals surface area contributed by atoms with Crippen LogP contribution in [0.4, 0.5) is 20.8 Å². The molecule has 0 bridgehead atoms. The Bertz CT molecular complexity index is 1300. The van der Waals surface area contributed by atoms with E-state index in [-0.39, 0.29) is 17.9 Å². The van der Waals surface area contributed by atoms with Crippen LogP contribution in [0.15, 0.2) is 66.4 Å². The molecule has 2 aliphatic rings. The molecule has 5 rings (SSSR count). The summed E-state index contributed by atoms with van der Waals surface area (Å²) in [6.07, 6.45) is 7.09. The van der Waals surface area contributed by atoms with E-state index in [9.17, 15) is 9.18 Å². The molecular weight excluding hydrogens is 457 g/mol. The smallest absolute Gasteiger partial charge is 0.328 e. The zero-order valence-corrected chi connectivity index (χ0v) is 19.3. The maximum absolute atomic E-state index is 15.0. The zero-order chi connectivity index (χ0) is 23.8. The van der Waals surface area contributed by atoms with Crippen molar-refractivity contribution in [3.05, 3.63) is 77.0 Å². The number of nitrogen functional groups attached to an aromatic ring is 1. The second-order valence-corrected chi connectivity index (χ2v) is 8.55. The highest BCUT2D eigenvalue weighted by atomic mass is 35.5. The number of nitrogens with two attached hydrogens (primary N) is 1. The quantitative estimate of drug-likeness (QED) is 0.569. The Hall–Kier alpha value is -3.72. The number of anilines is 2. The molecule has 1 unspecified atom stereocenters. The van der Waals surface area contributed by atoms with Gasteiger partial charge in [-0.05, 0) is 43.3 Å². The number of nitrogens with zero attached hydrogens (tertiary/aromatic N) is 6. The van der Waals surface area contributed by atoms with Crippen molar-refractivity contribution in [1.29, 1.82) is 0 Å². The average molecular weight is 480 g/mol. The number of benzene rings is 1. The molecule has 3 heterocycles. The standard InChI is InChI=1S/C24H23ClFN7O/c1-2-31-14-18(22(30-31)20-9-10-28-23(27)29-20)15-3-8-19(26)21(13-15)33-12-11-32(24(33)34)17-6-4-16(25)5-7-17/h3-10,14-15H,2,11-13H2,1H3,(H2,27,28,29). The van der Waals surface area contributed by atoms with Crippen LogP contribution in [0.5, 0.6) is 0 Å². The van der Waals surface area contributed by atoms with E-state index in [0.717, 1.165) is 11.3 Å². The highest BCUT2D eigenvalue weighted by molar-refractivity contribution is 6.30. The molecule has 0 spiro atoms. The van der Waals surface area contributed by atoms with E-state index in [4.69, 9.17) is 17.3 Å². The van der Waals surface area contributed by atoms with Crippen molar-refractivity contribution in [2.45, 2.75) is 25.8 Å². The largest absolute Gasteiger partial charge is 0.368 e. The first-order valence-electron chi connectivity index (χ1n) is 11.0. The predicted octanol–water partition coefficient (Wildman–Crippen LogP) is 4.76. The first-order valence-corrected chi connectivity index (χ1v) is 11.4. The molecule has 174 valence electrons. The molecule has 2 aromatic heterocycles. The van der Waals surface area contributed by atoms with Crippen LogP contribution < -0.4 is 10.6 Å². The van der Waals surface area contributed by atoms with Crippen molar-refractivity contribution in [3.63, 3.8) is 0 Å². The van der Waals surface area contributed by atoms with E-state index in [1.165, 1.54) is 11.0 Å². The minimum atomic E-state index is -0.404. The lowest BCUT2D eigenvalue weighted by molar-refractivity contribution is 0.228. The van der Waals surface area contributed by atoms with Gasteiger partial charge in [-0.3, -0.25) is 14.5 Å². The van der Waals surface area contributed by atoms with E-state index in [2.05, 4.69) is 15.1 Å². The van der Waals surface area contributed by atoms with Crippen LogP contribution in [0, 0.1) is 0 Å². The van der Waals surface area contributed by atoms with E-state index in [1.807, 2.05) is 17.8 Å². The molecule has 0 radical (unpaired) electrons. The molecule has 8 nitrogen and oxygen atoms in total. The molecule has 1 fully saturated rings. The van der Waals surface area contributed by atoms with Crippen LogP contribution >= 0.6 is 11.6 Å². The van der Waals surface area contributed by atoms with Gasteiger partial charge in [0.15, 0.2) is 0 Å². The van der Waals surface area contributed by atoms with Crippen molar-refractivity contribution in [2.75, 3.05) is 23.7 Å². The second-order valence-electron chi connectivity index (χ2n) is 8.12. The van der Waals surface area contributed by atoms with Gasteiger partial charge in [-0.25, -0.2) is 19.2 Å². The fourth-order valence-electron chi connectivity index (χ4n) is 4.35. The van der Waals surface area contributed by atoms with Gasteiger partial charge < -0.3 is 5.73 Å². The van der Waals surface area contributed by atoms with Crippen LogP contribution in [0.2, 0.25) is 5.02 Å². The number of hydrogen-bond donors (Lipinski definition) is 1. The predicted molar refractivity (Wildman–Crippen MR) is 129 cm³/mol. The second kappa shape index (κ2) is 8.90. The van der Waals surface area contributed by atoms with Crippen molar-refractivity contribution in [2.24, 2.45) is 0 Å². The van der Waals surface area contributed by atoms with Gasteiger partial charge in [0.05, 0.1) is 11.4 Å². The maximum atomic E-state index is 15.0. The number of aromatic nitrogens is 4. The van der Waals surface area contributed by atoms with Gasteiger partial charge in [-0.2, -0.15) is 5.10 Å². The summed E-state index contributed by atoms with van der Waals surface area (Å²) in [6.45, 7) is 3.52. The molecule has 2 N–H and O–H groups in total. The van der Waals surface area contributed by atoms with Crippen molar-refractivity contribution in [1.82, 2.24) is 24.6 Å². The van der Waals surface area contributed by atoms with E-state index in [1.54, 1.807) is 47.5 Å². The minimum absolute atomic E-state index is 0.158. The maximum Gasteiger partial charge on any atom is 0.328 e. The van der Waals surface area contributed by atoms with E-state index >= 15 is 0 Å². The summed E-state index contributed by atoms with van der Waals surface area (Å²) in [4.78, 5) is 24.6. The van der Waals surface area contributed by atoms with Crippen molar-refractivity contribution in [3.8, 4) is 11.4 Å². The molecule has 2 amide bonds. The van der Waals surface area contributed by atoms with Crippen molar-refractivity contribution < 1.29 is 9.18 Å². The number of carbonyl (C=O) groups is 1. The highest BCUT2D eigenvalue weighted by Gasteiger charge is 2.36. The third-order valence-corrected chi connectivity index (χ3v) is 6.32. The molecule has 34 heavy (non-hydrogen) atoms. The van der Waals surface area contributed by atoms with Crippen LogP contribution in [-0.2, 0) is 6.54 Å². The van der Waals surface area contributed by atoms with Gasteiger partial charge in [0.1, 0.15) is 11.5 Å². The zero-order valence-electron chi connectivity index (χ0n) is 18.5. The molecule has 10 heteroatoms. The SMILES string of the molecule is CCn1cc(C2C=CC(F)=C(N3CCN(c4ccc(Cl)cc4)C3=O)C2)c(-c2ccnc(N)n2)n1. The van der Waals surface area contributed by atoms with E-state index in [0.29, 0.717) is 48.2 Å². The number of aryl methyl sites for hydroxylation is 1. The Balaban J connectivity index is 1.43. The number of allylic oxidation sites excluding steroid dienone is 4. The Morgan fingerprint density at radius 3 is 2.68 bits per heavy atom. The number of carbonyl (C=O) groups excluding carboxylic acids is 1. The summed E-state index contributed by atoms with van der Waals surface area (Å²) in [5.74, 6) is -0.429. The Morgan fingerprint density at radius 1 is 1.18 bits per heavy atom. The average Bonchev–Trinajstić information content (AvgIpc) is 3.44. The van der Waals surface area contributed by atoms with Crippen LogP contribution in [0.25, 0.3) is 11.4 Å². The van der Waals surface area contributed by atoms with Gasteiger partial charge in [0, 0.05) is 60.6 Å². The van der Waals surface area contributed by atoms with Gasteiger partial charge in [-0.1, -0.05) is 17.7 Å². The van der Waals surface area contributed by atoms with Crippen LogP contribution in [0.1, 0.15) is 24.8 Å². The lowest BCUT2D eigenvalue weighted by atomic mass is 9.89. The lowest BCUT2D eigenvalue weighted by Gasteiger charge is -2.26. The summed E-state index contributed by atoms with van der Waals surface area (Å²) in [7, 11) is 0. The summed E-state index contributed by atoms with van der Waals surface area (Å²) in [6, 6.07) is 8.54. The van der Waals surface area contributed by atoms with E-state index < -0.39 is 5.83 Å². The molecule has 1 saturated heterocycles. The molecule has 3 aromatic rings. The number of hydrogen-bond acceptors (Lipinski definition) is 5. The normalized spacial score (nSPS) is 18.3.